The third-order valence-electron chi connectivity index (χ3n) is 3.62. The van der Waals surface area contributed by atoms with Crippen LogP contribution in [0.25, 0.3) is 11.2 Å². The molecule has 156 valence electrons. The van der Waals surface area contributed by atoms with Crippen LogP contribution >= 0.6 is 31.8 Å². The molecule has 1 aliphatic rings. The Morgan fingerprint density at radius 2 is 1.87 bits per heavy atom. The van der Waals surface area contributed by atoms with E-state index in [1.54, 1.807) is 0 Å². The van der Waals surface area contributed by atoms with E-state index in [4.69, 9.17) is 14.5 Å². The minimum absolute atomic E-state index is 0. The maximum atomic E-state index is 12.4. The molecule has 3 heterocycles. The zero-order valence-corrected chi connectivity index (χ0v) is 22.8. The quantitative estimate of drug-likeness (QED) is 0.143. The van der Waals surface area contributed by atoms with E-state index in [0.29, 0.717) is 5.82 Å². The van der Waals surface area contributed by atoms with E-state index in [1.165, 1.54) is 17.2 Å². The van der Waals surface area contributed by atoms with Crippen molar-refractivity contribution in [2.24, 2.45) is 0 Å². The third kappa shape index (κ3) is 6.74. The summed E-state index contributed by atoms with van der Waals surface area (Å²) in [7, 11) is -10.5. The van der Waals surface area contributed by atoms with Crippen molar-refractivity contribution in [3.63, 3.8) is 0 Å². The van der Waals surface area contributed by atoms with Gasteiger partial charge in [0.15, 0.2) is 17.0 Å². The van der Waals surface area contributed by atoms with Crippen LogP contribution in [0, 0.1) is 0 Å². The average Bonchev–Trinajstić information content (AvgIpc) is 3.13. The Morgan fingerprint density at radius 3 is 2.47 bits per heavy atom. The molecule has 3 rings (SSSR count). The fraction of sp³-hybridized carbons (Fsp3) is 0.500. The number of fused-ring (bicyclic) bond motifs is 1. The number of anilines is 1. The molecular formula is C10H12BrN5Na2O10P2. The molecule has 0 bridgehead atoms. The topological polar surface area (TPSA) is 224 Å². The summed E-state index contributed by atoms with van der Waals surface area (Å²) < 4.78 is 39.2. The molecule has 4 N–H and O–H groups in total. The van der Waals surface area contributed by atoms with Crippen LogP contribution in [0.2, 0.25) is 0 Å². The molecule has 0 amide bonds. The molecule has 0 spiro atoms. The molecule has 20 heteroatoms. The largest absolute Gasteiger partial charge is 1.00 e. The average molecular weight is 550 g/mol. The molecule has 5 atom stereocenters. The summed E-state index contributed by atoms with van der Waals surface area (Å²) in [5, 5.41) is 24.5. The SMILES string of the molecule is O=P(O)(O)OP(=O)(O)OC[C@H]1O[C@@H](n2cnc3c(NBr)ncnc32)[C@H]([O-])[C@@H]1[O-].[Na+].[Na+]. The molecule has 15 nitrogen and oxygen atoms in total. The van der Waals surface area contributed by atoms with Crippen LogP contribution in [-0.2, 0) is 22.7 Å². The van der Waals surface area contributed by atoms with Gasteiger partial charge >= 0.3 is 74.8 Å². The molecule has 2 aromatic rings. The molecule has 1 fully saturated rings. The Kier molecular flexibility index (Phi) is 11.0. The number of hydrogen-bond donors (Lipinski definition) is 4. The Morgan fingerprint density at radius 1 is 1.20 bits per heavy atom. The van der Waals surface area contributed by atoms with Gasteiger partial charge in [-0.15, -0.1) is 6.10 Å². The van der Waals surface area contributed by atoms with Gasteiger partial charge in [-0.3, -0.25) is 9.09 Å². The number of nitrogens with one attached hydrogen (secondary N) is 1. The van der Waals surface area contributed by atoms with Gasteiger partial charge in [0.05, 0.1) is 19.0 Å². The normalized spacial score (nSPS) is 25.9. The van der Waals surface area contributed by atoms with E-state index in [9.17, 15) is 24.2 Å². The first-order valence-electron chi connectivity index (χ1n) is 7.28. The van der Waals surface area contributed by atoms with Crippen molar-refractivity contribution in [3.8, 4) is 0 Å². The predicted octanol–water partition coefficient (Wildman–Crippen LogP) is -7.86. The van der Waals surface area contributed by atoms with E-state index in [2.05, 4.69) is 44.3 Å². The van der Waals surface area contributed by atoms with Gasteiger partial charge in [-0.1, -0.05) is 6.10 Å². The summed E-state index contributed by atoms with van der Waals surface area (Å²) >= 11 is 3.00. The van der Waals surface area contributed by atoms with Crippen molar-refractivity contribution in [1.82, 2.24) is 19.5 Å². The summed E-state index contributed by atoms with van der Waals surface area (Å²) in [6.45, 7) is -0.910. The number of aromatic nitrogens is 4. The van der Waals surface area contributed by atoms with Crippen LogP contribution in [0.5, 0.6) is 0 Å². The number of nitrogens with zero attached hydrogens (tertiary/aromatic N) is 4. The predicted molar refractivity (Wildman–Crippen MR) is 88.3 cm³/mol. The Hall–Kier alpha value is 0.970. The molecule has 1 aliphatic heterocycles. The maximum Gasteiger partial charge on any atom is 1.00 e. The molecule has 1 unspecified atom stereocenters. The fourth-order valence-electron chi connectivity index (χ4n) is 2.50. The zero-order chi connectivity index (χ0) is 20.7. The van der Waals surface area contributed by atoms with Crippen molar-refractivity contribution in [1.29, 1.82) is 0 Å². The van der Waals surface area contributed by atoms with E-state index in [-0.39, 0.29) is 70.3 Å². The van der Waals surface area contributed by atoms with Gasteiger partial charge in [0.2, 0.25) is 0 Å². The molecule has 30 heavy (non-hydrogen) atoms. The Bertz CT molecular complexity index is 964. The standard InChI is InChI=1S/C10H12BrN5O10P2.2Na/c11-15-8-5-9(13-2-12-8)16(3-14-5)10-7(18)6(17)4(25-10)1-24-28(22,23)26-27(19,20)21;;/h2-4,6-7,10H,1H2,(H,22,23)(H,12,13,15)(H2,19,20,21);;/q-2;2*+1/t4-,6-,7-,10-;;/m1../s1. The van der Waals surface area contributed by atoms with Crippen molar-refractivity contribution in [3.05, 3.63) is 12.7 Å². The monoisotopic (exact) mass is 549 g/mol. The number of halogens is 1. The van der Waals surface area contributed by atoms with E-state index < -0.39 is 46.8 Å². The van der Waals surface area contributed by atoms with Crippen LogP contribution in [0.1, 0.15) is 6.23 Å². The maximum absolute atomic E-state index is 12.4. The second-order valence-corrected chi connectivity index (χ2v) is 8.70. The van der Waals surface area contributed by atoms with Crippen LogP contribution in [0.15, 0.2) is 12.7 Å². The third-order valence-corrected chi connectivity index (χ3v) is 6.15. The van der Waals surface area contributed by atoms with Crippen molar-refractivity contribution < 1.29 is 107 Å². The Labute approximate surface area is 221 Å². The van der Waals surface area contributed by atoms with E-state index >= 15 is 0 Å². The van der Waals surface area contributed by atoms with Crippen LogP contribution < -0.4 is 73.7 Å². The Balaban J connectivity index is 0.00000225. The first kappa shape index (κ1) is 29.0. The number of ether oxygens (including phenoxy) is 1. The molecule has 0 aromatic carbocycles. The minimum atomic E-state index is -5.32. The number of phosphoric ester groups is 1. The van der Waals surface area contributed by atoms with Crippen molar-refractivity contribution in [2.45, 2.75) is 24.5 Å². The van der Waals surface area contributed by atoms with Crippen LogP contribution in [0.4, 0.5) is 5.82 Å². The fourth-order valence-corrected chi connectivity index (χ4v) is 4.39. The molecular weight excluding hydrogens is 538 g/mol. The van der Waals surface area contributed by atoms with Gasteiger partial charge in [-0.2, -0.15) is 4.31 Å². The van der Waals surface area contributed by atoms with Gasteiger partial charge in [-0.05, 0) is 0 Å². The van der Waals surface area contributed by atoms with Gasteiger partial charge in [0, 0.05) is 16.1 Å². The summed E-state index contributed by atoms with van der Waals surface area (Å²) in [5.41, 5.74) is 0.474. The number of phosphoric acid groups is 2. The van der Waals surface area contributed by atoms with Crippen molar-refractivity contribution >= 4 is 48.8 Å². The smallest absolute Gasteiger partial charge is 0.851 e. The number of rotatable bonds is 7. The minimum Gasteiger partial charge on any atom is -0.851 e. The first-order valence-corrected chi connectivity index (χ1v) is 11.1. The molecule has 1 saturated heterocycles. The van der Waals surface area contributed by atoms with Gasteiger partial charge in [-0.25, -0.2) is 24.1 Å². The number of hydrogen-bond acceptors (Lipinski definition) is 11. The summed E-state index contributed by atoms with van der Waals surface area (Å²) in [6, 6.07) is 0. The number of imidazole rings is 1. The van der Waals surface area contributed by atoms with E-state index in [1.807, 2.05) is 0 Å². The summed E-state index contributed by atoms with van der Waals surface area (Å²) in [6.07, 6.45) is -4.24. The summed E-state index contributed by atoms with van der Waals surface area (Å²) in [5.74, 6) is 0.304. The molecule has 0 saturated carbocycles. The summed E-state index contributed by atoms with van der Waals surface area (Å²) in [4.78, 5) is 38.3. The van der Waals surface area contributed by atoms with Gasteiger partial charge in [0.25, 0.3) is 0 Å². The second kappa shape index (κ2) is 11.4. The van der Waals surface area contributed by atoms with Gasteiger partial charge in [0.1, 0.15) is 12.6 Å². The second-order valence-electron chi connectivity index (χ2n) is 5.47. The van der Waals surface area contributed by atoms with E-state index in [0.717, 1.165) is 0 Å². The van der Waals surface area contributed by atoms with Crippen molar-refractivity contribution in [2.75, 3.05) is 10.9 Å². The molecule has 0 radical (unpaired) electrons. The molecule has 0 aliphatic carbocycles. The van der Waals surface area contributed by atoms with Crippen LogP contribution in [0.3, 0.4) is 0 Å². The first-order chi connectivity index (χ1) is 13.0. The molecule has 2 aromatic heterocycles. The zero-order valence-electron chi connectivity index (χ0n) is 15.4. The van der Waals surface area contributed by atoms with Crippen LogP contribution in [-0.4, -0.2) is 59.1 Å². The van der Waals surface area contributed by atoms with Gasteiger partial charge < -0.3 is 34.0 Å².